The number of carbonyl (C=O) groups is 1. The van der Waals surface area contributed by atoms with Crippen LogP contribution < -0.4 is 14.2 Å². The van der Waals surface area contributed by atoms with Gasteiger partial charge in [0.05, 0.1) is 18.2 Å². The van der Waals surface area contributed by atoms with Gasteiger partial charge in [0.2, 0.25) is 6.79 Å². The SMILES string of the molecule is COc1ccccc1-c1cnc(CC(=O)C2(c3ccc4c(c3)OCO4)CC2)c(C)c1C. The van der Waals surface area contributed by atoms with Crippen LogP contribution in [0.4, 0.5) is 0 Å². The molecular weight excluding hydrogens is 390 g/mol. The normalized spacial score (nSPS) is 15.6. The first kappa shape index (κ1) is 19.6. The zero-order chi connectivity index (χ0) is 21.6. The highest BCUT2D eigenvalue weighted by Crippen LogP contribution is 2.51. The molecule has 3 aromatic rings. The van der Waals surface area contributed by atoms with Gasteiger partial charge in [-0.05, 0) is 61.6 Å². The molecule has 0 saturated heterocycles. The molecule has 5 heteroatoms. The molecule has 1 aliphatic heterocycles. The molecule has 1 saturated carbocycles. The van der Waals surface area contributed by atoms with E-state index in [1.54, 1.807) is 7.11 Å². The first-order valence-electron chi connectivity index (χ1n) is 10.6. The summed E-state index contributed by atoms with van der Waals surface area (Å²) in [6.45, 7) is 4.36. The van der Waals surface area contributed by atoms with Crippen molar-refractivity contribution in [2.75, 3.05) is 13.9 Å². The number of benzene rings is 2. The molecule has 2 aliphatic rings. The molecule has 0 N–H and O–H groups in total. The Hall–Kier alpha value is -3.34. The second kappa shape index (κ2) is 7.41. The number of carbonyl (C=O) groups excluding carboxylic acids is 1. The molecule has 5 rings (SSSR count). The van der Waals surface area contributed by atoms with Crippen molar-refractivity contribution >= 4 is 5.78 Å². The van der Waals surface area contributed by atoms with Crippen LogP contribution in [-0.4, -0.2) is 24.7 Å². The van der Waals surface area contributed by atoms with Crippen molar-refractivity contribution in [2.45, 2.75) is 38.5 Å². The lowest BCUT2D eigenvalue weighted by Gasteiger charge is -2.18. The van der Waals surface area contributed by atoms with Gasteiger partial charge in [0.1, 0.15) is 11.5 Å². The Morgan fingerprint density at radius 3 is 2.58 bits per heavy atom. The number of hydrogen-bond donors (Lipinski definition) is 0. The largest absolute Gasteiger partial charge is 0.496 e. The summed E-state index contributed by atoms with van der Waals surface area (Å²) in [6.07, 6.45) is 3.92. The van der Waals surface area contributed by atoms with Gasteiger partial charge in [0.25, 0.3) is 0 Å². The maximum Gasteiger partial charge on any atom is 0.231 e. The van der Waals surface area contributed by atoms with E-state index in [4.69, 9.17) is 19.2 Å². The van der Waals surface area contributed by atoms with Crippen LogP contribution in [0.5, 0.6) is 17.2 Å². The highest BCUT2D eigenvalue weighted by atomic mass is 16.7. The van der Waals surface area contributed by atoms with E-state index in [0.717, 1.165) is 63.6 Å². The monoisotopic (exact) mass is 415 g/mol. The summed E-state index contributed by atoms with van der Waals surface area (Å²) in [6, 6.07) is 13.8. The van der Waals surface area contributed by atoms with E-state index in [1.165, 1.54) is 0 Å². The van der Waals surface area contributed by atoms with Gasteiger partial charge in [-0.3, -0.25) is 9.78 Å². The number of rotatable bonds is 6. The summed E-state index contributed by atoms with van der Waals surface area (Å²) in [5, 5.41) is 0. The fourth-order valence-corrected chi connectivity index (χ4v) is 4.44. The molecule has 0 atom stereocenters. The van der Waals surface area contributed by atoms with E-state index < -0.39 is 5.41 Å². The van der Waals surface area contributed by atoms with E-state index >= 15 is 0 Å². The number of Topliss-reactive ketones (excluding diaryl/α,β-unsaturated/α-hetero) is 1. The minimum absolute atomic E-state index is 0.214. The average Bonchev–Trinajstić information content (AvgIpc) is 3.48. The number of hydrogen-bond acceptors (Lipinski definition) is 5. The van der Waals surface area contributed by atoms with E-state index in [2.05, 4.69) is 6.92 Å². The molecule has 158 valence electrons. The van der Waals surface area contributed by atoms with E-state index in [-0.39, 0.29) is 12.6 Å². The van der Waals surface area contributed by atoms with E-state index in [1.807, 2.05) is 55.6 Å². The molecule has 2 heterocycles. The summed E-state index contributed by atoms with van der Waals surface area (Å²) in [5.74, 6) is 2.50. The summed E-state index contributed by atoms with van der Waals surface area (Å²) in [7, 11) is 1.67. The summed E-state index contributed by atoms with van der Waals surface area (Å²) in [4.78, 5) is 18.1. The molecular formula is C26H25NO4. The lowest BCUT2D eigenvalue weighted by molar-refractivity contribution is -0.120. The Balaban J connectivity index is 1.43. The van der Waals surface area contributed by atoms with Crippen LogP contribution in [0.2, 0.25) is 0 Å². The highest BCUT2D eigenvalue weighted by Gasteiger charge is 2.51. The number of ketones is 1. The van der Waals surface area contributed by atoms with Gasteiger partial charge in [-0.15, -0.1) is 0 Å². The highest BCUT2D eigenvalue weighted by molar-refractivity contribution is 5.95. The summed E-state index contributed by atoms with van der Waals surface area (Å²) >= 11 is 0. The quantitative estimate of drug-likeness (QED) is 0.570. The van der Waals surface area contributed by atoms with Gasteiger partial charge < -0.3 is 14.2 Å². The van der Waals surface area contributed by atoms with E-state index in [0.29, 0.717) is 6.42 Å². The maximum absolute atomic E-state index is 13.4. The molecule has 1 aromatic heterocycles. The summed E-state index contributed by atoms with van der Waals surface area (Å²) in [5.41, 5.74) is 5.64. The first-order chi connectivity index (χ1) is 15.0. The van der Waals surface area contributed by atoms with Crippen LogP contribution in [0.3, 0.4) is 0 Å². The van der Waals surface area contributed by atoms with Crippen LogP contribution in [0.15, 0.2) is 48.7 Å². The van der Waals surface area contributed by atoms with Crippen LogP contribution >= 0.6 is 0 Å². The van der Waals surface area contributed by atoms with Crippen molar-refractivity contribution in [3.05, 3.63) is 71.0 Å². The lowest BCUT2D eigenvalue weighted by atomic mass is 9.87. The molecule has 0 radical (unpaired) electrons. The van der Waals surface area contributed by atoms with Gasteiger partial charge >= 0.3 is 0 Å². The van der Waals surface area contributed by atoms with Crippen molar-refractivity contribution in [2.24, 2.45) is 0 Å². The smallest absolute Gasteiger partial charge is 0.231 e. The van der Waals surface area contributed by atoms with Crippen molar-refractivity contribution in [3.63, 3.8) is 0 Å². The molecule has 5 nitrogen and oxygen atoms in total. The second-order valence-corrected chi connectivity index (χ2v) is 8.32. The van der Waals surface area contributed by atoms with Crippen LogP contribution in [0, 0.1) is 13.8 Å². The number of fused-ring (bicyclic) bond motifs is 1. The van der Waals surface area contributed by atoms with Crippen molar-refractivity contribution in [1.29, 1.82) is 0 Å². The first-order valence-corrected chi connectivity index (χ1v) is 10.6. The van der Waals surface area contributed by atoms with Crippen molar-refractivity contribution in [3.8, 4) is 28.4 Å². The van der Waals surface area contributed by atoms with E-state index in [9.17, 15) is 4.79 Å². The predicted molar refractivity (Wildman–Crippen MR) is 118 cm³/mol. The van der Waals surface area contributed by atoms with Gasteiger partial charge in [-0.1, -0.05) is 24.3 Å². The number of para-hydroxylation sites is 1. The summed E-state index contributed by atoms with van der Waals surface area (Å²) < 4.78 is 16.4. The fourth-order valence-electron chi connectivity index (χ4n) is 4.44. The van der Waals surface area contributed by atoms with Crippen molar-refractivity contribution < 1.29 is 19.0 Å². The Bertz CT molecular complexity index is 1180. The fraction of sp³-hybridized carbons (Fsp3) is 0.308. The molecule has 0 unspecified atom stereocenters. The van der Waals surface area contributed by atoms with Gasteiger partial charge in [-0.2, -0.15) is 0 Å². The Kier molecular flexibility index (Phi) is 4.69. The van der Waals surface area contributed by atoms with Gasteiger partial charge in [-0.25, -0.2) is 0 Å². The molecule has 2 aromatic carbocycles. The maximum atomic E-state index is 13.4. The topological polar surface area (TPSA) is 57.7 Å². The van der Waals surface area contributed by atoms with Crippen LogP contribution in [0.25, 0.3) is 11.1 Å². The lowest BCUT2D eigenvalue weighted by Crippen LogP contribution is -2.23. The zero-order valence-electron chi connectivity index (χ0n) is 18.0. The minimum atomic E-state index is -0.426. The third kappa shape index (κ3) is 3.25. The Morgan fingerprint density at radius 1 is 1.03 bits per heavy atom. The standard InChI is InChI=1S/C26H25NO4/c1-16-17(2)21(27-14-20(16)19-6-4-5-7-22(19)29-3)13-25(28)26(10-11-26)18-8-9-23-24(12-18)31-15-30-23/h4-9,12,14H,10-11,13,15H2,1-3H3. The molecule has 0 amide bonds. The number of nitrogens with zero attached hydrogens (tertiary/aromatic N) is 1. The molecule has 1 aliphatic carbocycles. The van der Waals surface area contributed by atoms with Gasteiger partial charge in [0, 0.05) is 23.7 Å². The minimum Gasteiger partial charge on any atom is -0.496 e. The van der Waals surface area contributed by atoms with Gasteiger partial charge in [0.15, 0.2) is 11.5 Å². The Labute approximate surface area is 182 Å². The third-order valence-corrected chi connectivity index (χ3v) is 6.68. The molecule has 0 bridgehead atoms. The average molecular weight is 415 g/mol. The number of aromatic nitrogens is 1. The number of ether oxygens (including phenoxy) is 3. The molecule has 0 spiro atoms. The van der Waals surface area contributed by atoms with Crippen LogP contribution in [0.1, 0.15) is 35.2 Å². The zero-order valence-corrected chi connectivity index (χ0v) is 18.0. The number of methoxy groups -OCH3 is 1. The predicted octanol–water partition coefficient (Wildman–Crippen LogP) is 4.95. The second-order valence-electron chi connectivity index (χ2n) is 8.32. The van der Waals surface area contributed by atoms with Crippen LogP contribution in [-0.2, 0) is 16.6 Å². The Morgan fingerprint density at radius 2 is 1.81 bits per heavy atom. The third-order valence-electron chi connectivity index (χ3n) is 6.68. The number of pyridine rings is 1. The molecule has 31 heavy (non-hydrogen) atoms. The molecule has 1 fully saturated rings. The van der Waals surface area contributed by atoms with Crippen molar-refractivity contribution in [1.82, 2.24) is 4.98 Å².